The lowest BCUT2D eigenvalue weighted by Gasteiger charge is -2.26. The predicted molar refractivity (Wildman–Crippen MR) is 139 cm³/mol. The summed E-state index contributed by atoms with van der Waals surface area (Å²) in [5.74, 6) is -1.42. The molecule has 188 valence electrons. The first-order valence-electron chi connectivity index (χ1n) is 12.7. The molecular formula is C30H27FN2O4. The van der Waals surface area contributed by atoms with Crippen molar-refractivity contribution in [1.82, 2.24) is 0 Å². The number of carbonyl (C=O) groups is 2. The monoisotopic (exact) mass is 498 g/mol. The number of rotatable bonds is 4. The van der Waals surface area contributed by atoms with E-state index < -0.39 is 23.5 Å². The first kappa shape index (κ1) is 23.3. The maximum absolute atomic E-state index is 13.8. The fraction of sp³-hybridized carbons (Fsp3) is 0.267. The quantitative estimate of drug-likeness (QED) is 0.297. The topological polar surface area (TPSA) is 70.1 Å². The molecule has 3 aliphatic heterocycles. The number of aliphatic hydroxyl groups is 1. The summed E-state index contributed by atoms with van der Waals surface area (Å²) in [4.78, 5) is 30.5. The van der Waals surface area contributed by atoms with E-state index in [0.717, 1.165) is 55.8 Å². The van der Waals surface area contributed by atoms with Gasteiger partial charge in [0.2, 0.25) is 0 Å². The van der Waals surface area contributed by atoms with Crippen molar-refractivity contribution >= 4 is 28.8 Å². The molecule has 0 spiro atoms. The van der Waals surface area contributed by atoms with Crippen LogP contribution in [-0.4, -0.2) is 36.5 Å². The van der Waals surface area contributed by atoms with Crippen molar-refractivity contribution in [3.63, 3.8) is 0 Å². The zero-order chi connectivity index (χ0) is 25.5. The van der Waals surface area contributed by atoms with Crippen molar-refractivity contribution in [3.8, 4) is 5.75 Å². The van der Waals surface area contributed by atoms with Crippen LogP contribution in [0.1, 0.15) is 42.0 Å². The Labute approximate surface area is 214 Å². The average Bonchev–Trinajstić information content (AvgIpc) is 3.56. The molecule has 3 aromatic rings. The van der Waals surface area contributed by atoms with E-state index in [1.165, 1.54) is 17.0 Å². The third kappa shape index (κ3) is 4.14. The fourth-order valence-corrected chi connectivity index (χ4v) is 5.52. The van der Waals surface area contributed by atoms with Gasteiger partial charge in [-0.2, -0.15) is 0 Å². The van der Waals surface area contributed by atoms with Crippen LogP contribution in [0.4, 0.5) is 15.8 Å². The number of aliphatic hydroxyl groups excluding tert-OH is 1. The summed E-state index contributed by atoms with van der Waals surface area (Å²) in [6, 6.07) is 17.6. The smallest absolute Gasteiger partial charge is 0.300 e. The molecule has 1 amide bonds. The van der Waals surface area contributed by atoms with Gasteiger partial charge in [-0.05, 0) is 91.4 Å². The van der Waals surface area contributed by atoms with Crippen molar-refractivity contribution in [2.45, 2.75) is 31.7 Å². The number of ketones is 1. The van der Waals surface area contributed by atoms with Gasteiger partial charge in [-0.15, -0.1) is 0 Å². The molecule has 3 aliphatic rings. The number of hydrogen-bond donors (Lipinski definition) is 1. The minimum Gasteiger partial charge on any atom is -0.507 e. The zero-order valence-corrected chi connectivity index (χ0v) is 20.3. The van der Waals surface area contributed by atoms with E-state index in [4.69, 9.17) is 4.74 Å². The van der Waals surface area contributed by atoms with E-state index in [9.17, 15) is 19.1 Å². The van der Waals surface area contributed by atoms with E-state index >= 15 is 0 Å². The first-order chi connectivity index (χ1) is 18.0. The molecule has 1 N–H and O–H groups in total. The van der Waals surface area contributed by atoms with E-state index in [0.29, 0.717) is 23.4 Å². The van der Waals surface area contributed by atoms with Crippen LogP contribution < -0.4 is 14.5 Å². The second kappa shape index (κ2) is 9.39. The number of carbonyl (C=O) groups excluding carboxylic acids is 2. The second-order valence-electron chi connectivity index (χ2n) is 9.71. The molecule has 2 fully saturated rings. The number of benzene rings is 3. The van der Waals surface area contributed by atoms with Crippen LogP contribution in [0.5, 0.6) is 5.75 Å². The summed E-state index contributed by atoms with van der Waals surface area (Å²) in [7, 11) is 0. The van der Waals surface area contributed by atoms with E-state index in [-0.39, 0.29) is 11.3 Å². The number of halogens is 1. The third-order valence-corrected chi connectivity index (χ3v) is 7.41. The maximum atomic E-state index is 13.8. The Hall–Kier alpha value is -4.13. The van der Waals surface area contributed by atoms with Gasteiger partial charge in [0.1, 0.15) is 17.3 Å². The van der Waals surface area contributed by atoms with Crippen molar-refractivity contribution in [1.29, 1.82) is 0 Å². The van der Waals surface area contributed by atoms with Crippen LogP contribution in [0.15, 0.2) is 72.3 Å². The normalized spacial score (nSPS) is 20.7. The van der Waals surface area contributed by atoms with Gasteiger partial charge in [0.25, 0.3) is 11.7 Å². The van der Waals surface area contributed by atoms with E-state index in [1.807, 2.05) is 30.3 Å². The SMILES string of the molecule is O=C1C(=O)N(c2ccc(N3CCCC3)cc2)C(c2ccc(F)cc2)/C1=C(/O)c1ccc2c(c1)CCCO2. The fourth-order valence-electron chi connectivity index (χ4n) is 5.52. The molecule has 0 radical (unpaired) electrons. The summed E-state index contributed by atoms with van der Waals surface area (Å²) >= 11 is 0. The zero-order valence-electron chi connectivity index (χ0n) is 20.3. The Balaban J connectivity index is 1.45. The summed E-state index contributed by atoms with van der Waals surface area (Å²) < 4.78 is 19.5. The lowest BCUT2D eigenvalue weighted by Crippen LogP contribution is -2.29. The molecule has 0 aromatic heterocycles. The number of aryl methyl sites for hydroxylation is 1. The minimum atomic E-state index is -0.898. The Morgan fingerprint density at radius 3 is 2.32 bits per heavy atom. The first-order valence-corrected chi connectivity index (χ1v) is 12.7. The highest BCUT2D eigenvalue weighted by Crippen LogP contribution is 2.43. The van der Waals surface area contributed by atoms with Gasteiger partial charge in [0.05, 0.1) is 18.2 Å². The molecule has 1 atom stereocenters. The summed E-state index contributed by atoms with van der Waals surface area (Å²) in [5.41, 5.74) is 3.51. The Bertz CT molecular complexity index is 1390. The summed E-state index contributed by atoms with van der Waals surface area (Å²) in [5, 5.41) is 11.4. The molecule has 6 rings (SSSR count). The highest BCUT2D eigenvalue weighted by atomic mass is 19.1. The summed E-state index contributed by atoms with van der Waals surface area (Å²) in [6.45, 7) is 2.63. The molecule has 2 saturated heterocycles. The third-order valence-electron chi connectivity index (χ3n) is 7.41. The van der Waals surface area contributed by atoms with Gasteiger partial charge in [-0.1, -0.05) is 12.1 Å². The highest BCUT2D eigenvalue weighted by molar-refractivity contribution is 6.51. The van der Waals surface area contributed by atoms with Crippen molar-refractivity contribution in [3.05, 3.63) is 94.8 Å². The number of hydrogen-bond acceptors (Lipinski definition) is 5. The van der Waals surface area contributed by atoms with Gasteiger partial charge in [0, 0.05) is 30.0 Å². The number of fused-ring (bicyclic) bond motifs is 1. The van der Waals surface area contributed by atoms with Crippen molar-refractivity contribution in [2.24, 2.45) is 0 Å². The number of ether oxygens (including phenoxy) is 1. The van der Waals surface area contributed by atoms with Gasteiger partial charge in [-0.25, -0.2) is 4.39 Å². The molecule has 0 aliphatic carbocycles. The maximum Gasteiger partial charge on any atom is 0.300 e. The Morgan fingerprint density at radius 2 is 1.59 bits per heavy atom. The van der Waals surface area contributed by atoms with Gasteiger partial charge < -0.3 is 14.7 Å². The number of anilines is 2. The molecule has 3 aromatic carbocycles. The van der Waals surface area contributed by atoms with Crippen LogP contribution in [0, 0.1) is 5.82 Å². The molecule has 37 heavy (non-hydrogen) atoms. The average molecular weight is 499 g/mol. The number of Topliss-reactive ketones (excluding diaryl/α,β-unsaturated/α-hetero) is 1. The molecule has 0 saturated carbocycles. The molecule has 3 heterocycles. The van der Waals surface area contributed by atoms with Gasteiger partial charge in [-0.3, -0.25) is 14.5 Å². The molecule has 0 bridgehead atoms. The lowest BCUT2D eigenvalue weighted by molar-refractivity contribution is -0.132. The standard InChI is InChI=1S/C30H27FN2O4/c31-22-8-5-19(6-9-22)27-26(28(34)21-7-14-25-20(18-21)4-3-17-37-25)29(35)30(36)33(27)24-12-10-23(11-13-24)32-15-1-2-16-32/h5-14,18,27,34H,1-4,15-17H2/b28-26-. The lowest BCUT2D eigenvalue weighted by atomic mass is 9.94. The van der Waals surface area contributed by atoms with E-state index in [1.54, 1.807) is 24.3 Å². The Kier molecular flexibility index (Phi) is 5.91. The van der Waals surface area contributed by atoms with Crippen LogP contribution in [0.25, 0.3) is 5.76 Å². The Morgan fingerprint density at radius 1 is 0.892 bits per heavy atom. The largest absolute Gasteiger partial charge is 0.507 e. The van der Waals surface area contributed by atoms with Crippen molar-refractivity contribution < 1.29 is 23.8 Å². The number of amides is 1. The minimum absolute atomic E-state index is 0.0168. The molecule has 7 heteroatoms. The second-order valence-corrected chi connectivity index (χ2v) is 9.71. The van der Waals surface area contributed by atoms with Gasteiger partial charge in [0.15, 0.2) is 0 Å². The van der Waals surface area contributed by atoms with Crippen LogP contribution in [0.3, 0.4) is 0 Å². The van der Waals surface area contributed by atoms with Crippen LogP contribution >= 0.6 is 0 Å². The van der Waals surface area contributed by atoms with Crippen LogP contribution in [-0.2, 0) is 16.0 Å². The van der Waals surface area contributed by atoms with Crippen molar-refractivity contribution in [2.75, 3.05) is 29.5 Å². The number of nitrogens with zero attached hydrogens (tertiary/aromatic N) is 2. The highest BCUT2D eigenvalue weighted by Gasteiger charge is 2.47. The van der Waals surface area contributed by atoms with Crippen LogP contribution in [0.2, 0.25) is 0 Å². The molecule has 1 unspecified atom stereocenters. The summed E-state index contributed by atoms with van der Waals surface area (Å²) in [6.07, 6.45) is 3.96. The predicted octanol–water partition coefficient (Wildman–Crippen LogP) is 5.38. The molecular weight excluding hydrogens is 471 g/mol. The van der Waals surface area contributed by atoms with E-state index in [2.05, 4.69) is 4.90 Å². The molecule has 6 nitrogen and oxygen atoms in total. The van der Waals surface area contributed by atoms with Gasteiger partial charge >= 0.3 is 0 Å².